The third kappa shape index (κ3) is 3.39. The summed E-state index contributed by atoms with van der Waals surface area (Å²) >= 11 is 3.29. The molecule has 0 radical (unpaired) electrons. The topological polar surface area (TPSA) is 68.2 Å². The van der Waals surface area contributed by atoms with Crippen molar-refractivity contribution in [3.63, 3.8) is 0 Å². The van der Waals surface area contributed by atoms with Crippen LogP contribution in [0.5, 0.6) is 0 Å². The lowest BCUT2D eigenvalue weighted by molar-refractivity contribution is -0.116. The number of hydrogen-bond donors (Lipinski definition) is 2. The molecule has 2 heterocycles. The Bertz CT molecular complexity index is 728. The number of ether oxygens (including phenoxy) is 1. The second-order valence-corrected chi connectivity index (χ2v) is 6.32. The van der Waals surface area contributed by atoms with Crippen LogP contribution in [0.1, 0.15) is 26.0 Å². The number of nitrogens with zero attached hydrogens (tertiary/aromatic N) is 2. The Morgan fingerprint density at radius 2 is 2.43 bits per heavy atom. The van der Waals surface area contributed by atoms with Crippen molar-refractivity contribution in [1.29, 1.82) is 0 Å². The van der Waals surface area contributed by atoms with Gasteiger partial charge in [-0.3, -0.25) is 4.79 Å². The van der Waals surface area contributed by atoms with Crippen molar-refractivity contribution in [2.24, 2.45) is 0 Å². The standard InChI is InChI=1S/C15H18BrFN4O2/c1-2-3-12(22)19-15-10-6-9(16)7-11(17)14(10)21(20-15)13-8-18-4-5-23-13/h6-7,13,18H,2-5,8H2,1H3,(H,19,20,22). The summed E-state index contributed by atoms with van der Waals surface area (Å²) in [4.78, 5) is 11.9. The molecular weight excluding hydrogens is 367 g/mol. The zero-order chi connectivity index (χ0) is 16.4. The van der Waals surface area contributed by atoms with Crippen LogP contribution in [0.4, 0.5) is 10.2 Å². The maximum Gasteiger partial charge on any atom is 0.225 e. The lowest BCUT2D eigenvalue weighted by atomic mass is 10.2. The molecule has 1 aliphatic heterocycles. The molecule has 8 heteroatoms. The number of rotatable bonds is 4. The maximum absolute atomic E-state index is 14.5. The zero-order valence-corrected chi connectivity index (χ0v) is 14.3. The Hall–Kier alpha value is -1.51. The molecule has 1 aromatic carbocycles. The molecule has 0 saturated carbocycles. The van der Waals surface area contributed by atoms with Crippen LogP contribution in [0.2, 0.25) is 0 Å². The largest absolute Gasteiger partial charge is 0.354 e. The number of benzene rings is 1. The van der Waals surface area contributed by atoms with E-state index in [0.717, 1.165) is 13.0 Å². The highest BCUT2D eigenvalue weighted by molar-refractivity contribution is 9.10. The summed E-state index contributed by atoms with van der Waals surface area (Å²) in [6.45, 7) is 3.74. The molecule has 6 nitrogen and oxygen atoms in total. The number of nitrogens with one attached hydrogen (secondary N) is 2. The van der Waals surface area contributed by atoms with E-state index in [1.54, 1.807) is 6.07 Å². The van der Waals surface area contributed by atoms with Crippen molar-refractivity contribution < 1.29 is 13.9 Å². The normalized spacial score (nSPS) is 18.3. The molecule has 0 aliphatic carbocycles. The molecule has 1 aromatic heterocycles. The van der Waals surface area contributed by atoms with Gasteiger partial charge in [-0.2, -0.15) is 5.10 Å². The van der Waals surface area contributed by atoms with E-state index in [-0.39, 0.29) is 5.91 Å². The van der Waals surface area contributed by atoms with Gasteiger partial charge in [-0.05, 0) is 18.6 Å². The number of aromatic nitrogens is 2. The van der Waals surface area contributed by atoms with Crippen molar-refractivity contribution >= 4 is 38.6 Å². The van der Waals surface area contributed by atoms with Gasteiger partial charge in [0, 0.05) is 29.4 Å². The quantitative estimate of drug-likeness (QED) is 0.850. The highest BCUT2D eigenvalue weighted by atomic mass is 79.9. The fourth-order valence-electron chi connectivity index (χ4n) is 2.62. The second kappa shape index (κ2) is 6.94. The Morgan fingerprint density at radius 3 is 3.13 bits per heavy atom. The molecule has 0 spiro atoms. The first-order valence-corrected chi connectivity index (χ1v) is 8.39. The minimum atomic E-state index is -0.410. The Morgan fingerprint density at radius 1 is 1.61 bits per heavy atom. The minimum Gasteiger partial charge on any atom is -0.354 e. The third-order valence-electron chi connectivity index (χ3n) is 3.64. The highest BCUT2D eigenvalue weighted by Gasteiger charge is 2.24. The third-order valence-corrected chi connectivity index (χ3v) is 4.09. The van der Waals surface area contributed by atoms with Crippen molar-refractivity contribution in [2.75, 3.05) is 25.0 Å². The van der Waals surface area contributed by atoms with Crippen LogP contribution in [0.25, 0.3) is 10.9 Å². The second-order valence-electron chi connectivity index (χ2n) is 5.40. The molecular formula is C15H18BrFN4O2. The van der Waals surface area contributed by atoms with Gasteiger partial charge in [-0.25, -0.2) is 9.07 Å². The van der Waals surface area contributed by atoms with Crippen LogP contribution in [0, 0.1) is 5.82 Å². The maximum atomic E-state index is 14.5. The van der Waals surface area contributed by atoms with Gasteiger partial charge in [-0.15, -0.1) is 0 Å². The lowest BCUT2D eigenvalue weighted by Gasteiger charge is -2.24. The summed E-state index contributed by atoms with van der Waals surface area (Å²) in [7, 11) is 0. The fourth-order valence-corrected chi connectivity index (χ4v) is 3.05. The molecule has 124 valence electrons. The monoisotopic (exact) mass is 384 g/mol. The van der Waals surface area contributed by atoms with Crippen LogP contribution < -0.4 is 10.6 Å². The molecule has 1 saturated heterocycles. The number of carbonyl (C=O) groups excluding carboxylic acids is 1. The number of fused-ring (bicyclic) bond motifs is 1. The number of halogens is 2. The van der Waals surface area contributed by atoms with Crippen molar-refractivity contribution in [2.45, 2.75) is 26.0 Å². The highest BCUT2D eigenvalue weighted by Crippen LogP contribution is 2.31. The molecule has 23 heavy (non-hydrogen) atoms. The molecule has 2 N–H and O–H groups in total. The molecule has 3 rings (SSSR count). The van der Waals surface area contributed by atoms with E-state index in [1.807, 2.05) is 6.92 Å². The van der Waals surface area contributed by atoms with Crippen molar-refractivity contribution in [3.05, 3.63) is 22.4 Å². The molecule has 1 fully saturated rings. The van der Waals surface area contributed by atoms with Crippen LogP contribution in [0.3, 0.4) is 0 Å². The van der Waals surface area contributed by atoms with Gasteiger partial charge in [0.2, 0.25) is 5.91 Å². The van der Waals surface area contributed by atoms with Gasteiger partial charge in [-0.1, -0.05) is 22.9 Å². The number of morpholine rings is 1. The molecule has 1 atom stereocenters. The zero-order valence-electron chi connectivity index (χ0n) is 12.7. The summed E-state index contributed by atoms with van der Waals surface area (Å²) in [6, 6.07) is 3.13. The summed E-state index contributed by atoms with van der Waals surface area (Å²) in [5, 5.41) is 10.9. The van der Waals surface area contributed by atoms with E-state index in [0.29, 0.717) is 40.8 Å². The van der Waals surface area contributed by atoms with Gasteiger partial charge in [0.05, 0.1) is 6.61 Å². The van der Waals surface area contributed by atoms with E-state index < -0.39 is 12.0 Å². The van der Waals surface area contributed by atoms with Crippen LogP contribution >= 0.6 is 15.9 Å². The van der Waals surface area contributed by atoms with Gasteiger partial charge < -0.3 is 15.4 Å². The molecule has 2 aromatic rings. The average Bonchev–Trinajstić information content (AvgIpc) is 2.87. The Kier molecular flexibility index (Phi) is 4.93. The molecule has 1 aliphatic rings. The van der Waals surface area contributed by atoms with Crippen molar-refractivity contribution in [3.8, 4) is 0 Å². The predicted octanol–water partition coefficient (Wildman–Crippen LogP) is 2.79. The average molecular weight is 385 g/mol. The fraction of sp³-hybridized carbons (Fsp3) is 0.467. The van der Waals surface area contributed by atoms with E-state index in [9.17, 15) is 9.18 Å². The first-order chi connectivity index (χ1) is 11.1. The van der Waals surface area contributed by atoms with Crippen molar-refractivity contribution in [1.82, 2.24) is 15.1 Å². The molecule has 1 amide bonds. The Balaban J connectivity index is 2.07. The molecule has 0 bridgehead atoms. The predicted molar refractivity (Wildman–Crippen MR) is 88.8 cm³/mol. The first-order valence-electron chi connectivity index (χ1n) is 7.59. The first kappa shape index (κ1) is 16.4. The van der Waals surface area contributed by atoms with E-state index in [2.05, 4.69) is 31.7 Å². The summed E-state index contributed by atoms with van der Waals surface area (Å²) in [5.74, 6) is -0.193. The molecule has 1 unspecified atom stereocenters. The minimum absolute atomic E-state index is 0.137. The SMILES string of the molecule is CCCC(=O)Nc1nn(C2CNCCO2)c2c(F)cc(Br)cc12. The smallest absolute Gasteiger partial charge is 0.225 e. The van der Waals surface area contributed by atoms with Gasteiger partial charge in [0.15, 0.2) is 12.0 Å². The summed E-state index contributed by atoms with van der Waals surface area (Å²) in [6.07, 6.45) is 0.726. The number of carbonyl (C=O) groups is 1. The van der Waals surface area contributed by atoms with Crippen LogP contribution in [-0.4, -0.2) is 35.4 Å². The Labute approximate surface area is 141 Å². The van der Waals surface area contributed by atoms with Crippen LogP contribution in [0.15, 0.2) is 16.6 Å². The van der Waals surface area contributed by atoms with E-state index >= 15 is 0 Å². The van der Waals surface area contributed by atoms with E-state index in [4.69, 9.17) is 4.74 Å². The number of hydrogen-bond acceptors (Lipinski definition) is 4. The van der Waals surface area contributed by atoms with Crippen LogP contribution in [-0.2, 0) is 9.53 Å². The lowest BCUT2D eigenvalue weighted by Crippen LogP contribution is -2.36. The number of anilines is 1. The summed E-state index contributed by atoms with van der Waals surface area (Å²) < 4.78 is 22.2. The van der Waals surface area contributed by atoms with Gasteiger partial charge >= 0.3 is 0 Å². The summed E-state index contributed by atoms with van der Waals surface area (Å²) in [5.41, 5.74) is 0.327. The van der Waals surface area contributed by atoms with E-state index in [1.165, 1.54) is 10.7 Å². The number of amides is 1. The van der Waals surface area contributed by atoms with Gasteiger partial charge in [0.25, 0.3) is 0 Å². The van der Waals surface area contributed by atoms with Gasteiger partial charge in [0.1, 0.15) is 11.3 Å².